The molecule has 3 rings (SSSR count). The number of benzene rings is 1. The van der Waals surface area contributed by atoms with Crippen LogP contribution in [0.25, 0.3) is 0 Å². The van der Waals surface area contributed by atoms with Crippen LogP contribution in [-0.2, 0) is 13.0 Å². The summed E-state index contributed by atoms with van der Waals surface area (Å²) in [7, 11) is 0. The van der Waals surface area contributed by atoms with Crippen LogP contribution in [0.5, 0.6) is 5.75 Å². The number of aliphatic hydroxyl groups is 2. The van der Waals surface area contributed by atoms with E-state index in [-0.39, 0.29) is 18.6 Å². The van der Waals surface area contributed by atoms with Crippen LogP contribution < -0.4 is 4.74 Å². The van der Waals surface area contributed by atoms with Gasteiger partial charge in [0.15, 0.2) is 0 Å². The Kier molecular flexibility index (Phi) is 5.74. The van der Waals surface area contributed by atoms with Crippen molar-refractivity contribution in [1.82, 2.24) is 14.9 Å². The maximum Gasteiger partial charge on any atom is 0.119 e. The summed E-state index contributed by atoms with van der Waals surface area (Å²) in [4.78, 5) is 10.6. The Bertz CT molecular complexity index is 621. The van der Waals surface area contributed by atoms with Crippen molar-refractivity contribution in [3.63, 3.8) is 0 Å². The van der Waals surface area contributed by atoms with Gasteiger partial charge in [0.1, 0.15) is 12.4 Å². The third-order valence-electron chi connectivity index (χ3n) is 4.26. The van der Waals surface area contributed by atoms with Crippen molar-refractivity contribution in [3.8, 4) is 5.75 Å². The van der Waals surface area contributed by atoms with Crippen molar-refractivity contribution in [2.24, 2.45) is 5.92 Å². The van der Waals surface area contributed by atoms with Gasteiger partial charge in [0.25, 0.3) is 0 Å². The fraction of sp³-hybridized carbons (Fsp3) is 0.444. The molecular weight excluding hydrogens is 306 g/mol. The van der Waals surface area contributed by atoms with E-state index in [1.54, 1.807) is 18.6 Å². The quantitative estimate of drug-likeness (QED) is 0.785. The number of nitrogens with zero attached hydrogens (tertiary/aromatic N) is 3. The van der Waals surface area contributed by atoms with Crippen molar-refractivity contribution >= 4 is 0 Å². The Morgan fingerprint density at radius 1 is 1.17 bits per heavy atom. The molecule has 1 aliphatic heterocycles. The minimum absolute atomic E-state index is 0.0145. The van der Waals surface area contributed by atoms with Crippen LogP contribution in [-0.4, -0.2) is 57.5 Å². The standard InChI is InChI=1S/C18H23N3O3/c22-7-8-24-17-3-1-14(2-4-17)11-21-12-15(18(23)13-21)9-16-10-19-5-6-20-16/h1-6,10,15,18,22-23H,7-9,11-13H2/t15-,18-/m1/s1. The van der Waals surface area contributed by atoms with E-state index in [1.807, 2.05) is 24.3 Å². The third-order valence-corrected chi connectivity index (χ3v) is 4.26. The number of ether oxygens (including phenoxy) is 1. The molecule has 1 aromatic heterocycles. The van der Waals surface area contributed by atoms with E-state index in [1.165, 1.54) is 5.56 Å². The normalized spacial score (nSPS) is 21.1. The molecule has 6 heteroatoms. The minimum Gasteiger partial charge on any atom is -0.491 e. The molecule has 0 aliphatic carbocycles. The lowest BCUT2D eigenvalue weighted by molar-refractivity contribution is 0.140. The average molecular weight is 329 g/mol. The molecule has 1 aromatic carbocycles. The third kappa shape index (κ3) is 4.50. The lowest BCUT2D eigenvalue weighted by Crippen LogP contribution is -2.21. The molecule has 24 heavy (non-hydrogen) atoms. The van der Waals surface area contributed by atoms with Crippen molar-refractivity contribution in [3.05, 3.63) is 54.1 Å². The van der Waals surface area contributed by atoms with Crippen LogP contribution in [0.15, 0.2) is 42.9 Å². The summed E-state index contributed by atoms with van der Waals surface area (Å²) >= 11 is 0. The summed E-state index contributed by atoms with van der Waals surface area (Å²) in [6.45, 7) is 2.64. The number of hydrogen-bond donors (Lipinski definition) is 2. The van der Waals surface area contributed by atoms with Crippen LogP contribution in [0.4, 0.5) is 0 Å². The average Bonchev–Trinajstić information content (AvgIpc) is 2.94. The molecule has 2 aromatic rings. The van der Waals surface area contributed by atoms with Crippen molar-refractivity contribution < 1.29 is 14.9 Å². The van der Waals surface area contributed by atoms with Gasteiger partial charge in [-0.25, -0.2) is 0 Å². The molecule has 0 radical (unpaired) electrons. The van der Waals surface area contributed by atoms with Gasteiger partial charge in [0.05, 0.1) is 18.4 Å². The highest BCUT2D eigenvalue weighted by Crippen LogP contribution is 2.23. The second-order valence-electron chi connectivity index (χ2n) is 6.14. The molecular formula is C18H23N3O3. The Morgan fingerprint density at radius 2 is 2.00 bits per heavy atom. The molecule has 128 valence electrons. The minimum atomic E-state index is -0.334. The molecule has 1 aliphatic rings. The van der Waals surface area contributed by atoms with Crippen molar-refractivity contribution in [2.75, 3.05) is 26.3 Å². The predicted molar refractivity (Wildman–Crippen MR) is 89.5 cm³/mol. The first-order valence-corrected chi connectivity index (χ1v) is 8.22. The number of β-amino-alcohol motifs (C(OH)–C–C–N with tert-alkyl or cyclic N) is 1. The highest BCUT2D eigenvalue weighted by molar-refractivity contribution is 5.27. The summed E-state index contributed by atoms with van der Waals surface area (Å²) in [6.07, 6.45) is 5.53. The number of aliphatic hydroxyl groups excluding tert-OH is 2. The van der Waals surface area contributed by atoms with Crippen LogP contribution in [0.1, 0.15) is 11.3 Å². The molecule has 0 bridgehead atoms. The van der Waals surface area contributed by atoms with Crippen molar-refractivity contribution in [2.45, 2.75) is 19.1 Å². The second kappa shape index (κ2) is 8.19. The molecule has 2 heterocycles. The fourth-order valence-electron chi connectivity index (χ4n) is 3.09. The summed E-state index contributed by atoms with van der Waals surface area (Å²) in [5.41, 5.74) is 2.10. The topological polar surface area (TPSA) is 78.7 Å². The molecule has 6 nitrogen and oxygen atoms in total. The summed E-state index contributed by atoms with van der Waals surface area (Å²) in [5.74, 6) is 0.948. The first-order chi connectivity index (χ1) is 11.7. The molecule has 0 spiro atoms. The maximum absolute atomic E-state index is 10.3. The molecule has 0 amide bonds. The Balaban J connectivity index is 1.53. The van der Waals surface area contributed by atoms with E-state index in [0.29, 0.717) is 13.2 Å². The maximum atomic E-state index is 10.3. The van der Waals surface area contributed by atoms with Crippen molar-refractivity contribution in [1.29, 1.82) is 0 Å². The lowest BCUT2D eigenvalue weighted by Gasteiger charge is -2.16. The van der Waals surface area contributed by atoms with Crippen LogP contribution in [0.3, 0.4) is 0 Å². The molecule has 1 saturated heterocycles. The smallest absolute Gasteiger partial charge is 0.119 e. The SMILES string of the molecule is OCCOc1ccc(CN2C[C@@H](Cc3cnccn3)[C@H](O)C2)cc1. The monoisotopic (exact) mass is 329 g/mol. The van der Waals surface area contributed by atoms with E-state index < -0.39 is 0 Å². The molecule has 0 saturated carbocycles. The van der Waals surface area contributed by atoms with E-state index >= 15 is 0 Å². The lowest BCUT2D eigenvalue weighted by atomic mass is 10.0. The van der Waals surface area contributed by atoms with E-state index in [9.17, 15) is 5.11 Å². The van der Waals surface area contributed by atoms with E-state index in [2.05, 4.69) is 14.9 Å². The number of rotatable bonds is 7. The van der Waals surface area contributed by atoms with Gasteiger partial charge in [-0.3, -0.25) is 14.9 Å². The van der Waals surface area contributed by atoms with Gasteiger partial charge >= 0.3 is 0 Å². The first-order valence-electron chi connectivity index (χ1n) is 8.22. The van der Waals surface area contributed by atoms with Gasteiger partial charge in [-0.2, -0.15) is 0 Å². The van der Waals surface area contributed by atoms with Gasteiger partial charge in [-0.05, 0) is 24.1 Å². The van der Waals surface area contributed by atoms with Gasteiger partial charge in [-0.1, -0.05) is 12.1 Å². The molecule has 1 fully saturated rings. The van der Waals surface area contributed by atoms with Gasteiger partial charge in [0.2, 0.25) is 0 Å². The van der Waals surface area contributed by atoms with Crippen LogP contribution >= 0.6 is 0 Å². The van der Waals surface area contributed by atoms with Gasteiger partial charge in [-0.15, -0.1) is 0 Å². The molecule has 0 unspecified atom stereocenters. The van der Waals surface area contributed by atoms with Crippen LogP contribution in [0.2, 0.25) is 0 Å². The fourth-order valence-corrected chi connectivity index (χ4v) is 3.09. The van der Waals surface area contributed by atoms with Crippen LogP contribution in [0, 0.1) is 5.92 Å². The number of hydrogen-bond acceptors (Lipinski definition) is 6. The molecule has 2 atom stereocenters. The second-order valence-corrected chi connectivity index (χ2v) is 6.14. The Morgan fingerprint density at radius 3 is 2.71 bits per heavy atom. The van der Waals surface area contributed by atoms with E-state index in [4.69, 9.17) is 9.84 Å². The first kappa shape index (κ1) is 16.8. The molecule has 2 N–H and O–H groups in total. The summed E-state index contributed by atoms with van der Waals surface area (Å²) in [5, 5.41) is 19.1. The predicted octanol–water partition coefficient (Wildman–Crippen LogP) is 0.883. The zero-order valence-corrected chi connectivity index (χ0v) is 13.6. The zero-order chi connectivity index (χ0) is 16.8. The Labute approximate surface area is 141 Å². The number of aromatic nitrogens is 2. The highest BCUT2D eigenvalue weighted by atomic mass is 16.5. The Hall–Kier alpha value is -2.02. The largest absolute Gasteiger partial charge is 0.491 e. The van der Waals surface area contributed by atoms with E-state index in [0.717, 1.165) is 31.0 Å². The van der Waals surface area contributed by atoms with Gasteiger partial charge < -0.3 is 14.9 Å². The summed E-state index contributed by atoms with van der Waals surface area (Å²) < 4.78 is 5.36. The van der Waals surface area contributed by atoms with Gasteiger partial charge in [0, 0.05) is 44.1 Å². The zero-order valence-electron chi connectivity index (χ0n) is 13.6. The number of likely N-dealkylation sites (tertiary alicyclic amines) is 1. The highest BCUT2D eigenvalue weighted by Gasteiger charge is 2.31. The summed E-state index contributed by atoms with van der Waals surface area (Å²) in [6, 6.07) is 7.87.